The topological polar surface area (TPSA) is 20.3 Å². The van der Waals surface area contributed by atoms with E-state index in [4.69, 9.17) is 0 Å². The van der Waals surface area contributed by atoms with E-state index in [0.29, 0.717) is 5.92 Å². The van der Waals surface area contributed by atoms with Crippen LogP contribution in [0.15, 0.2) is 0 Å². The first-order valence-corrected chi connectivity index (χ1v) is 4.66. The first kappa shape index (κ1) is 8.91. The van der Waals surface area contributed by atoms with Gasteiger partial charge in [0.15, 0.2) is 0 Å². The second-order valence-corrected chi connectivity index (χ2v) is 4.19. The van der Waals surface area contributed by atoms with Crippen LogP contribution < -0.4 is 0 Å². The lowest BCUT2D eigenvalue weighted by Gasteiger charge is -2.15. The molecule has 1 saturated carbocycles. The van der Waals surface area contributed by atoms with Gasteiger partial charge in [0, 0.05) is 18.9 Å². The van der Waals surface area contributed by atoms with Crippen LogP contribution in [0.2, 0.25) is 0 Å². The highest BCUT2D eigenvalue weighted by Gasteiger charge is 2.47. The first-order valence-electron chi connectivity index (χ1n) is 4.66. The van der Waals surface area contributed by atoms with Crippen LogP contribution in [0.1, 0.15) is 19.8 Å². The molecule has 2 rings (SSSR count). The molecule has 0 radical (unpaired) electrons. The van der Waals surface area contributed by atoms with E-state index >= 15 is 0 Å². The Labute approximate surface area is 75.9 Å². The van der Waals surface area contributed by atoms with Crippen molar-refractivity contribution in [2.45, 2.75) is 25.7 Å². The molecule has 1 saturated heterocycles. The number of alkyl halides is 2. The summed E-state index contributed by atoms with van der Waals surface area (Å²) in [6.07, 6.45) is 0.709. The lowest BCUT2D eigenvalue weighted by Crippen LogP contribution is -2.32. The molecule has 1 aliphatic heterocycles. The van der Waals surface area contributed by atoms with Crippen LogP contribution in [0.4, 0.5) is 8.78 Å². The number of amides is 1. The number of rotatable bonds is 1. The van der Waals surface area contributed by atoms with Crippen LogP contribution in [-0.4, -0.2) is 29.8 Å². The van der Waals surface area contributed by atoms with Gasteiger partial charge in [-0.05, 0) is 12.3 Å². The first-order chi connectivity index (χ1) is 5.99. The van der Waals surface area contributed by atoms with Gasteiger partial charge in [0.1, 0.15) is 0 Å². The number of hydrogen-bond donors (Lipinski definition) is 0. The van der Waals surface area contributed by atoms with Gasteiger partial charge in [0.2, 0.25) is 5.91 Å². The lowest BCUT2D eigenvalue weighted by molar-refractivity contribution is -0.133. The average molecular weight is 189 g/mol. The zero-order valence-electron chi connectivity index (χ0n) is 7.59. The Kier molecular flexibility index (Phi) is 1.82. The van der Waals surface area contributed by atoms with Crippen molar-refractivity contribution in [1.82, 2.24) is 4.90 Å². The van der Waals surface area contributed by atoms with Crippen LogP contribution in [0, 0.1) is 11.8 Å². The van der Waals surface area contributed by atoms with Crippen molar-refractivity contribution in [3.05, 3.63) is 0 Å². The number of carbonyl (C=O) groups is 1. The van der Waals surface area contributed by atoms with Crippen LogP contribution in [0.5, 0.6) is 0 Å². The largest absolute Gasteiger partial charge is 0.336 e. The predicted octanol–water partition coefficient (Wildman–Crippen LogP) is 1.51. The summed E-state index contributed by atoms with van der Waals surface area (Å²) in [4.78, 5) is 12.8. The zero-order chi connectivity index (χ0) is 9.64. The molecule has 0 spiro atoms. The smallest absolute Gasteiger partial charge is 0.267 e. The fourth-order valence-corrected chi connectivity index (χ4v) is 1.82. The Balaban J connectivity index is 1.93. The number of hydrogen-bond acceptors (Lipinski definition) is 1. The van der Waals surface area contributed by atoms with Gasteiger partial charge in [-0.3, -0.25) is 4.79 Å². The quantitative estimate of drug-likeness (QED) is 0.612. The summed E-state index contributed by atoms with van der Waals surface area (Å²) >= 11 is 0. The molecule has 0 bridgehead atoms. The summed E-state index contributed by atoms with van der Waals surface area (Å²) in [5, 5.41) is 0. The van der Waals surface area contributed by atoms with Crippen molar-refractivity contribution in [2.75, 3.05) is 13.1 Å². The molecule has 0 aromatic rings. The molecular formula is C9H13F2NO. The number of halogens is 2. The van der Waals surface area contributed by atoms with Crippen molar-refractivity contribution in [1.29, 1.82) is 0 Å². The van der Waals surface area contributed by atoms with E-state index < -0.39 is 5.92 Å². The second kappa shape index (κ2) is 2.66. The maximum atomic E-state index is 12.7. The standard InChI is InChI=1S/C9H13F2NO/c1-6-4-7(6)8(13)12-3-2-9(10,11)5-12/h6-7H,2-5H2,1H3. The van der Waals surface area contributed by atoms with Gasteiger partial charge in [-0.15, -0.1) is 0 Å². The zero-order valence-corrected chi connectivity index (χ0v) is 7.59. The molecule has 1 aliphatic carbocycles. The molecule has 13 heavy (non-hydrogen) atoms. The van der Waals surface area contributed by atoms with Crippen molar-refractivity contribution in [2.24, 2.45) is 11.8 Å². The monoisotopic (exact) mass is 189 g/mol. The van der Waals surface area contributed by atoms with Gasteiger partial charge in [-0.1, -0.05) is 6.92 Å². The SMILES string of the molecule is CC1CC1C(=O)N1CCC(F)(F)C1. The molecule has 2 fully saturated rings. The van der Waals surface area contributed by atoms with Crippen LogP contribution in [-0.2, 0) is 4.79 Å². The van der Waals surface area contributed by atoms with Crippen LogP contribution in [0.25, 0.3) is 0 Å². The predicted molar refractivity (Wildman–Crippen MR) is 43.4 cm³/mol. The van der Waals surface area contributed by atoms with E-state index in [0.717, 1.165) is 6.42 Å². The molecule has 1 amide bonds. The Morgan fingerprint density at radius 3 is 2.54 bits per heavy atom. The van der Waals surface area contributed by atoms with Gasteiger partial charge in [-0.2, -0.15) is 0 Å². The van der Waals surface area contributed by atoms with E-state index in [2.05, 4.69) is 0 Å². The molecule has 4 heteroatoms. The summed E-state index contributed by atoms with van der Waals surface area (Å²) in [5.74, 6) is -2.27. The molecule has 2 nitrogen and oxygen atoms in total. The molecule has 0 N–H and O–H groups in total. The second-order valence-electron chi connectivity index (χ2n) is 4.19. The van der Waals surface area contributed by atoms with Crippen molar-refractivity contribution >= 4 is 5.91 Å². The summed E-state index contributed by atoms with van der Waals surface area (Å²) in [7, 11) is 0. The van der Waals surface area contributed by atoms with Gasteiger partial charge < -0.3 is 4.90 Å². The fraction of sp³-hybridized carbons (Fsp3) is 0.889. The summed E-state index contributed by atoms with van der Waals surface area (Å²) in [6.45, 7) is 1.85. The van der Waals surface area contributed by atoms with Crippen molar-refractivity contribution in [3.8, 4) is 0 Å². The van der Waals surface area contributed by atoms with E-state index in [1.54, 1.807) is 0 Å². The van der Waals surface area contributed by atoms with E-state index in [-0.39, 0.29) is 31.3 Å². The van der Waals surface area contributed by atoms with Gasteiger partial charge in [0.05, 0.1) is 6.54 Å². The molecule has 0 aromatic heterocycles. The summed E-state index contributed by atoms with van der Waals surface area (Å²) < 4.78 is 25.5. The van der Waals surface area contributed by atoms with E-state index in [9.17, 15) is 13.6 Å². The van der Waals surface area contributed by atoms with Gasteiger partial charge in [-0.25, -0.2) is 8.78 Å². The Morgan fingerprint density at radius 2 is 2.15 bits per heavy atom. The third-order valence-electron chi connectivity index (χ3n) is 2.91. The highest BCUT2D eigenvalue weighted by Crippen LogP contribution is 2.40. The molecular weight excluding hydrogens is 176 g/mol. The Hall–Kier alpha value is -0.670. The van der Waals surface area contributed by atoms with Crippen LogP contribution >= 0.6 is 0 Å². The number of likely N-dealkylation sites (tertiary alicyclic amines) is 1. The minimum Gasteiger partial charge on any atom is -0.336 e. The number of nitrogens with zero attached hydrogens (tertiary/aromatic N) is 1. The molecule has 2 aliphatic rings. The lowest BCUT2D eigenvalue weighted by atomic mass is 10.3. The Bertz CT molecular complexity index is 242. The molecule has 1 heterocycles. The van der Waals surface area contributed by atoms with E-state index in [1.165, 1.54) is 4.90 Å². The molecule has 0 aromatic carbocycles. The van der Waals surface area contributed by atoms with Crippen molar-refractivity contribution < 1.29 is 13.6 Å². The third kappa shape index (κ3) is 1.67. The highest BCUT2D eigenvalue weighted by molar-refractivity contribution is 5.81. The Morgan fingerprint density at radius 1 is 1.54 bits per heavy atom. The molecule has 2 atom stereocenters. The summed E-state index contributed by atoms with van der Waals surface area (Å²) in [6, 6.07) is 0. The minimum atomic E-state index is -2.65. The maximum absolute atomic E-state index is 12.7. The number of carbonyl (C=O) groups excluding carboxylic acids is 1. The van der Waals surface area contributed by atoms with E-state index in [1.807, 2.05) is 6.92 Å². The maximum Gasteiger partial charge on any atom is 0.267 e. The van der Waals surface area contributed by atoms with Gasteiger partial charge >= 0.3 is 0 Å². The minimum absolute atomic E-state index is 0.0360. The van der Waals surface area contributed by atoms with Crippen molar-refractivity contribution in [3.63, 3.8) is 0 Å². The van der Waals surface area contributed by atoms with Crippen LogP contribution in [0.3, 0.4) is 0 Å². The molecule has 74 valence electrons. The third-order valence-corrected chi connectivity index (χ3v) is 2.91. The molecule has 2 unspecified atom stereocenters. The highest BCUT2D eigenvalue weighted by atomic mass is 19.3. The summed E-state index contributed by atoms with van der Waals surface area (Å²) in [5.41, 5.74) is 0. The average Bonchev–Trinajstić information content (AvgIpc) is 2.64. The van der Waals surface area contributed by atoms with Gasteiger partial charge in [0.25, 0.3) is 5.92 Å². The normalized spacial score (nSPS) is 36.4. The fourth-order valence-electron chi connectivity index (χ4n) is 1.82.